The maximum absolute atomic E-state index is 11.2. The van der Waals surface area contributed by atoms with Crippen molar-refractivity contribution in [1.82, 2.24) is 9.97 Å². The van der Waals surface area contributed by atoms with Crippen LogP contribution in [0.3, 0.4) is 0 Å². The average molecular weight is 370 g/mol. The number of fused-ring (bicyclic) bond motifs is 1. The van der Waals surface area contributed by atoms with Crippen LogP contribution < -0.4 is 10.6 Å². The van der Waals surface area contributed by atoms with Gasteiger partial charge in [0.15, 0.2) is 10.3 Å². The largest absolute Gasteiger partial charge is 0.464 e. The summed E-state index contributed by atoms with van der Waals surface area (Å²) in [5.74, 6) is -0.129. The Kier molecular flexibility index (Phi) is 3.98. The molecule has 3 heterocycles. The minimum atomic E-state index is -0.129. The third-order valence-corrected chi connectivity index (χ3v) is 5.37. The maximum atomic E-state index is 11.2. The highest BCUT2D eigenvalue weighted by molar-refractivity contribution is 7.20. The zero-order chi connectivity index (χ0) is 17.4. The second-order valence-corrected chi connectivity index (χ2v) is 7.31. The van der Waals surface area contributed by atoms with Crippen LogP contribution in [0.1, 0.15) is 12.6 Å². The van der Waals surface area contributed by atoms with Gasteiger partial charge in [-0.1, -0.05) is 11.3 Å². The highest BCUT2D eigenvalue weighted by atomic mass is 32.1. The summed E-state index contributed by atoms with van der Waals surface area (Å²) in [7, 11) is 0. The van der Waals surface area contributed by atoms with Gasteiger partial charge in [0.1, 0.15) is 5.58 Å². The number of furan rings is 1. The lowest BCUT2D eigenvalue weighted by atomic mass is 10.2. The molecule has 126 valence electrons. The quantitative estimate of drug-likeness (QED) is 0.527. The molecule has 1 aromatic carbocycles. The summed E-state index contributed by atoms with van der Waals surface area (Å²) in [4.78, 5) is 21.1. The van der Waals surface area contributed by atoms with E-state index in [1.54, 1.807) is 6.26 Å². The number of carbonyl (C=O) groups is 1. The molecule has 4 rings (SSSR count). The summed E-state index contributed by atoms with van der Waals surface area (Å²) in [6, 6.07) is 7.84. The molecule has 3 aromatic heterocycles. The van der Waals surface area contributed by atoms with Gasteiger partial charge in [0.25, 0.3) is 0 Å². The maximum Gasteiger partial charge on any atom is 0.223 e. The summed E-state index contributed by atoms with van der Waals surface area (Å²) in [6.45, 7) is 3.38. The van der Waals surface area contributed by atoms with E-state index < -0.39 is 0 Å². The lowest BCUT2D eigenvalue weighted by Crippen LogP contribution is -2.04. The van der Waals surface area contributed by atoms with Crippen molar-refractivity contribution in [3.05, 3.63) is 41.6 Å². The Balaban J connectivity index is 1.57. The van der Waals surface area contributed by atoms with Crippen LogP contribution in [0.4, 0.5) is 16.0 Å². The second kappa shape index (κ2) is 6.30. The van der Waals surface area contributed by atoms with E-state index >= 15 is 0 Å². The first kappa shape index (κ1) is 15.8. The molecule has 0 radical (unpaired) electrons. The highest BCUT2D eigenvalue weighted by Gasteiger charge is 2.14. The number of carbonyl (C=O) groups excluding carboxylic acids is 1. The van der Waals surface area contributed by atoms with E-state index in [1.165, 1.54) is 29.6 Å². The number of benzene rings is 1. The highest BCUT2D eigenvalue weighted by Crippen LogP contribution is 2.35. The van der Waals surface area contributed by atoms with Crippen molar-refractivity contribution in [3.63, 3.8) is 0 Å². The van der Waals surface area contributed by atoms with Crippen LogP contribution in [0.2, 0.25) is 0 Å². The van der Waals surface area contributed by atoms with Gasteiger partial charge >= 0.3 is 0 Å². The third-order valence-electron chi connectivity index (χ3n) is 3.52. The molecule has 2 N–H and O–H groups in total. The molecule has 0 aliphatic heterocycles. The number of hydrogen-bond acceptors (Lipinski definition) is 7. The number of hydrogen-bond donors (Lipinski definition) is 2. The van der Waals surface area contributed by atoms with Crippen molar-refractivity contribution in [3.8, 4) is 10.6 Å². The summed E-state index contributed by atoms with van der Waals surface area (Å²) in [5.41, 5.74) is 3.51. The molecule has 0 aliphatic rings. The van der Waals surface area contributed by atoms with Gasteiger partial charge in [-0.3, -0.25) is 4.79 Å². The van der Waals surface area contributed by atoms with Crippen molar-refractivity contribution in [2.45, 2.75) is 13.8 Å². The van der Waals surface area contributed by atoms with Gasteiger partial charge in [-0.05, 0) is 31.2 Å². The molecule has 0 fully saturated rings. The predicted molar refractivity (Wildman–Crippen MR) is 102 cm³/mol. The molecule has 25 heavy (non-hydrogen) atoms. The number of thiazole rings is 2. The lowest BCUT2D eigenvalue weighted by Gasteiger charge is -2.01. The van der Waals surface area contributed by atoms with Crippen molar-refractivity contribution < 1.29 is 9.21 Å². The van der Waals surface area contributed by atoms with Crippen LogP contribution in [-0.4, -0.2) is 15.9 Å². The molecule has 4 aromatic rings. The molecule has 0 atom stereocenters. The van der Waals surface area contributed by atoms with Gasteiger partial charge in [-0.25, -0.2) is 9.97 Å². The molecule has 6 nitrogen and oxygen atoms in total. The monoisotopic (exact) mass is 370 g/mol. The van der Waals surface area contributed by atoms with Gasteiger partial charge in [0.05, 0.1) is 22.5 Å². The van der Waals surface area contributed by atoms with Crippen molar-refractivity contribution in [1.29, 1.82) is 0 Å². The Morgan fingerprint density at radius 3 is 2.92 bits per heavy atom. The summed E-state index contributed by atoms with van der Waals surface area (Å²) < 4.78 is 5.35. The smallest absolute Gasteiger partial charge is 0.223 e. The van der Waals surface area contributed by atoms with Crippen LogP contribution in [0.25, 0.3) is 21.5 Å². The van der Waals surface area contributed by atoms with Crippen LogP contribution in [-0.2, 0) is 4.79 Å². The fourth-order valence-electron chi connectivity index (χ4n) is 2.44. The number of nitrogens with zero attached hydrogens (tertiary/aromatic N) is 2. The molecule has 8 heteroatoms. The molecule has 0 saturated carbocycles. The molecular weight excluding hydrogens is 356 g/mol. The minimum absolute atomic E-state index is 0.129. The molecule has 0 saturated heterocycles. The van der Waals surface area contributed by atoms with Gasteiger partial charge < -0.3 is 15.1 Å². The number of aromatic nitrogens is 2. The normalized spacial score (nSPS) is 11.0. The van der Waals surface area contributed by atoms with E-state index in [0.717, 1.165) is 38.1 Å². The first-order valence-corrected chi connectivity index (χ1v) is 9.23. The van der Waals surface area contributed by atoms with E-state index in [1.807, 2.05) is 36.6 Å². The average Bonchev–Trinajstić information content (AvgIpc) is 3.26. The number of nitrogens with one attached hydrogen (secondary N) is 2. The summed E-state index contributed by atoms with van der Waals surface area (Å²) in [6.07, 6.45) is 1.68. The number of aryl methyl sites for hydroxylation is 1. The van der Waals surface area contributed by atoms with E-state index in [0.29, 0.717) is 5.13 Å². The van der Waals surface area contributed by atoms with Gasteiger partial charge in [0, 0.05) is 23.4 Å². The molecular formula is C17H14N4O2S2. The third kappa shape index (κ3) is 3.26. The first-order valence-electron chi connectivity index (χ1n) is 7.54. The van der Waals surface area contributed by atoms with Crippen molar-refractivity contribution in [2.75, 3.05) is 10.6 Å². The van der Waals surface area contributed by atoms with Gasteiger partial charge in [-0.2, -0.15) is 0 Å². The van der Waals surface area contributed by atoms with E-state index in [9.17, 15) is 4.79 Å². The van der Waals surface area contributed by atoms with E-state index in [2.05, 4.69) is 20.6 Å². The number of rotatable bonds is 4. The standard InChI is InChI=1S/C17H14N4O2S2/c1-9-15(25-17(18-9)19-10(2)22)13-8-24-16(21-13)20-12-3-4-14-11(7-12)5-6-23-14/h3-8H,1-2H3,(H,20,21)(H,18,19,22). The first-order chi connectivity index (χ1) is 12.1. The summed E-state index contributed by atoms with van der Waals surface area (Å²) in [5, 5.41) is 10.4. The Labute approximate surface area is 151 Å². The fraction of sp³-hybridized carbons (Fsp3) is 0.118. The molecule has 0 aliphatic carbocycles. The molecule has 0 spiro atoms. The Hall–Kier alpha value is -2.71. The van der Waals surface area contributed by atoms with Gasteiger partial charge in [-0.15, -0.1) is 11.3 Å². The fourth-order valence-corrected chi connectivity index (χ4v) is 4.21. The molecule has 1 amide bonds. The van der Waals surface area contributed by atoms with Crippen molar-refractivity contribution in [2.24, 2.45) is 0 Å². The van der Waals surface area contributed by atoms with Gasteiger partial charge in [0.2, 0.25) is 5.91 Å². The second-order valence-electron chi connectivity index (χ2n) is 5.45. The summed E-state index contributed by atoms with van der Waals surface area (Å²) >= 11 is 2.95. The topological polar surface area (TPSA) is 80.0 Å². The zero-order valence-electron chi connectivity index (χ0n) is 13.5. The molecule has 0 unspecified atom stereocenters. The number of anilines is 3. The van der Waals surface area contributed by atoms with Crippen LogP contribution in [0, 0.1) is 6.92 Å². The Bertz CT molecular complexity index is 1060. The van der Waals surface area contributed by atoms with E-state index in [4.69, 9.17) is 4.42 Å². The molecule has 0 bridgehead atoms. The Morgan fingerprint density at radius 1 is 1.20 bits per heavy atom. The van der Waals surface area contributed by atoms with E-state index in [-0.39, 0.29) is 5.91 Å². The van der Waals surface area contributed by atoms with Crippen molar-refractivity contribution >= 4 is 55.5 Å². The van der Waals surface area contributed by atoms with Crippen LogP contribution in [0.15, 0.2) is 40.3 Å². The lowest BCUT2D eigenvalue weighted by molar-refractivity contribution is -0.114. The SMILES string of the molecule is CC(=O)Nc1nc(C)c(-c2csc(Nc3ccc4occc4c3)n2)s1. The Morgan fingerprint density at radius 2 is 2.08 bits per heavy atom. The number of amides is 1. The van der Waals surface area contributed by atoms with Crippen LogP contribution >= 0.6 is 22.7 Å². The van der Waals surface area contributed by atoms with Crippen LogP contribution in [0.5, 0.6) is 0 Å². The minimum Gasteiger partial charge on any atom is -0.464 e. The predicted octanol–water partition coefficient (Wildman–Crippen LogP) is 5.02. The zero-order valence-corrected chi connectivity index (χ0v) is 15.1.